The van der Waals surface area contributed by atoms with Crippen molar-refractivity contribution >= 4 is 23.2 Å². The van der Waals surface area contributed by atoms with Crippen LogP contribution in [0.2, 0.25) is 10.0 Å². The maximum Gasteiger partial charge on any atom is 0.115 e. The van der Waals surface area contributed by atoms with Gasteiger partial charge in [-0.1, -0.05) is 35.3 Å². The third-order valence-electron chi connectivity index (χ3n) is 2.41. The minimum Gasteiger partial charge on any atom is -0.388 e. The van der Waals surface area contributed by atoms with Crippen LogP contribution in [-0.4, -0.2) is 15.1 Å². The number of halogens is 2. The zero-order valence-corrected chi connectivity index (χ0v) is 10.4. The highest BCUT2D eigenvalue weighted by Gasteiger charge is 2.12. The van der Waals surface area contributed by atoms with E-state index in [1.54, 1.807) is 24.5 Å². The molecule has 1 unspecified atom stereocenters. The molecular formula is C12H10Cl2N2O. The van der Waals surface area contributed by atoms with Crippen LogP contribution < -0.4 is 0 Å². The SMILES string of the molecule is OC(Cc1cccc(Cl)c1Cl)c1cncnc1. The molecule has 0 fully saturated rings. The summed E-state index contributed by atoms with van der Waals surface area (Å²) in [6.45, 7) is 0. The molecule has 0 aliphatic rings. The number of rotatable bonds is 3. The van der Waals surface area contributed by atoms with E-state index in [2.05, 4.69) is 9.97 Å². The van der Waals surface area contributed by atoms with Crippen molar-refractivity contribution in [3.8, 4) is 0 Å². The number of hydrogen-bond donors (Lipinski definition) is 1. The lowest BCUT2D eigenvalue weighted by molar-refractivity contribution is 0.177. The van der Waals surface area contributed by atoms with Crippen LogP contribution in [0.15, 0.2) is 36.9 Å². The monoisotopic (exact) mass is 268 g/mol. The first kappa shape index (κ1) is 12.3. The van der Waals surface area contributed by atoms with Gasteiger partial charge in [0.05, 0.1) is 16.1 Å². The van der Waals surface area contributed by atoms with Crippen LogP contribution in [-0.2, 0) is 6.42 Å². The number of aromatic nitrogens is 2. The van der Waals surface area contributed by atoms with Crippen LogP contribution in [0.3, 0.4) is 0 Å². The lowest BCUT2D eigenvalue weighted by Gasteiger charge is -2.11. The standard InChI is InChI=1S/C12H10Cl2N2O/c13-10-3-1-2-8(12(10)14)4-11(17)9-5-15-7-16-6-9/h1-3,5-7,11,17H,4H2. The van der Waals surface area contributed by atoms with Crippen LogP contribution in [0.1, 0.15) is 17.2 Å². The van der Waals surface area contributed by atoms with Crippen molar-refractivity contribution in [1.29, 1.82) is 0 Å². The lowest BCUT2D eigenvalue weighted by atomic mass is 10.0. The van der Waals surface area contributed by atoms with Crippen molar-refractivity contribution in [3.63, 3.8) is 0 Å². The predicted molar refractivity (Wildman–Crippen MR) is 67.2 cm³/mol. The molecule has 0 aliphatic carbocycles. The zero-order chi connectivity index (χ0) is 12.3. The number of benzene rings is 1. The van der Waals surface area contributed by atoms with Gasteiger partial charge in [-0.15, -0.1) is 0 Å². The Morgan fingerprint density at radius 2 is 1.88 bits per heavy atom. The average Bonchev–Trinajstić information content (AvgIpc) is 2.36. The largest absolute Gasteiger partial charge is 0.388 e. The minimum atomic E-state index is -0.688. The van der Waals surface area contributed by atoms with Gasteiger partial charge in [-0.25, -0.2) is 9.97 Å². The topological polar surface area (TPSA) is 46.0 Å². The minimum absolute atomic E-state index is 0.382. The molecule has 0 bridgehead atoms. The van der Waals surface area contributed by atoms with Gasteiger partial charge in [0.2, 0.25) is 0 Å². The fraction of sp³-hybridized carbons (Fsp3) is 0.167. The van der Waals surface area contributed by atoms with Gasteiger partial charge in [0.15, 0.2) is 0 Å². The van der Waals surface area contributed by atoms with Gasteiger partial charge in [0, 0.05) is 24.4 Å². The van der Waals surface area contributed by atoms with E-state index >= 15 is 0 Å². The second-order valence-electron chi connectivity index (χ2n) is 3.60. The molecule has 0 radical (unpaired) electrons. The van der Waals surface area contributed by atoms with Crippen molar-refractivity contribution in [1.82, 2.24) is 9.97 Å². The fourth-order valence-corrected chi connectivity index (χ4v) is 1.91. The average molecular weight is 269 g/mol. The van der Waals surface area contributed by atoms with Crippen LogP contribution in [0.5, 0.6) is 0 Å². The second kappa shape index (κ2) is 5.45. The van der Waals surface area contributed by atoms with Gasteiger partial charge in [-0.2, -0.15) is 0 Å². The first-order chi connectivity index (χ1) is 8.18. The van der Waals surface area contributed by atoms with E-state index in [1.807, 2.05) is 6.07 Å². The molecule has 1 N–H and O–H groups in total. The Balaban J connectivity index is 2.19. The molecule has 5 heteroatoms. The third kappa shape index (κ3) is 2.94. The quantitative estimate of drug-likeness (QED) is 0.931. The van der Waals surface area contributed by atoms with Gasteiger partial charge in [-0.3, -0.25) is 0 Å². The molecule has 3 nitrogen and oxygen atoms in total. The summed E-state index contributed by atoms with van der Waals surface area (Å²) in [4.78, 5) is 7.71. The molecule has 0 spiro atoms. The molecule has 17 heavy (non-hydrogen) atoms. The summed E-state index contributed by atoms with van der Waals surface area (Å²) < 4.78 is 0. The number of hydrogen-bond acceptors (Lipinski definition) is 3. The Bertz CT molecular complexity index is 505. The van der Waals surface area contributed by atoms with Gasteiger partial charge in [0.1, 0.15) is 6.33 Å². The summed E-state index contributed by atoms with van der Waals surface area (Å²) in [6, 6.07) is 5.35. The van der Waals surface area contributed by atoms with Crippen LogP contribution in [0.4, 0.5) is 0 Å². The molecule has 2 aromatic rings. The van der Waals surface area contributed by atoms with Crippen molar-refractivity contribution in [2.45, 2.75) is 12.5 Å². The smallest absolute Gasteiger partial charge is 0.115 e. The molecule has 2 rings (SSSR count). The maximum atomic E-state index is 10.0. The van der Waals surface area contributed by atoms with Crippen molar-refractivity contribution in [3.05, 3.63) is 58.1 Å². The Morgan fingerprint density at radius 1 is 1.18 bits per heavy atom. The number of aliphatic hydroxyl groups is 1. The number of aliphatic hydroxyl groups excluding tert-OH is 1. The van der Waals surface area contributed by atoms with E-state index in [-0.39, 0.29) is 0 Å². The van der Waals surface area contributed by atoms with Crippen molar-refractivity contribution in [2.75, 3.05) is 0 Å². The van der Waals surface area contributed by atoms with Crippen molar-refractivity contribution < 1.29 is 5.11 Å². The molecular weight excluding hydrogens is 259 g/mol. The highest BCUT2D eigenvalue weighted by Crippen LogP contribution is 2.28. The highest BCUT2D eigenvalue weighted by atomic mass is 35.5. The molecule has 1 aromatic carbocycles. The van der Waals surface area contributed by atoms with Crippen LogP contribution >= 0.6 is 23.2 Å². The van der Waals surface area contributed by atoms with Gasteiger partial charge >= 0.3 is 0 Å². The van der Waals surface area contributed by atoms with E-state index in [1.165, 1.54) is 6.33 Å². The summed E-state index contributed by atoms with van der Waals surface area (Å²) in [5.74, 6) is 0. The summed E-state index contributed by atoms with van der Waals surface area (Å²) >= 11 is 12.0. The fourth-order valence-electron chi connectivity index (χ4n) is 1.51. The molecule has 1 aromatic heterocycles. The van der Waals surface area contributed by atoms with E-state index in [0.29, 0.717) is 22.0 Å². The van der Waals surface area contributed by atoms with E-state index in [0.717, 1.165) is 5.56 Å². The summed E-state index contributed by atoms with van der Waals surface area (Å²) in [5, 5.41) is 11.0. The summed E-state index contributed by atoms with van der Waals surface area (Å²) in [5.41, 5.74) is 1.46. The Hall–Kier alpha value is -1.16. The van der Waals surface area contributed by atoms with E-state index in [9.17, 15) is 5.11 Å². The van der Waals surface area contributed by atoms with Gasteiger partial charge < -0.3 is 5.11 Å². The van der Waals surface area contributed by atoms with Crippen LogP contribution in [0, 0.1) is 0 Å². The predicted octanol–water partition coefficient (Wildman–Crippen LogP) is 3.06. The molecule has 0 aliphatic heterocycles. The first-order valence-electron chi connectivity index (χ1n) is 5.04. The summed E-state index contributed by atoms with van der Waals surface area (Å²) in [6.07, 6.45) is 4.27. The zero-order valence-electron chi connectivity index (χ0n) is 8.85. The van der Waals surface area contributed by atoms with Crippen molar-refractivity contribution in [2.24, 2.45) is 0 Å². The van der Waals surface area contributed by atoms with Crippen LogP contribution in [0.25, 0.3) is 0 Å². The third-order valence-corrected chi connectivity index (χ3v) is 3.27. The Labute approximate surface area is 109 Å². The van der Waals surface area contributed by atoms with E-state index in [4.69, 9.17) is 23.2 Å². The molecule has 1 heterocycles. The second-order valence-corrected chi connectivity index (χ2v) is 4.39. The van der Waals surface area contributed by atoms with Gasteiger partial charge in [0.25, 0.3) is 0 Å². The Kier molecular flexibility index (Phi) is 3.94. The Morgan fingerprint density at radius 3 is 2.59 bits per heavy atom. The molecule has 0 saturated heterocycles. The lowest BCUT2D eigenvalue weighted by Crippen LogP contribution is -2.03. The molecule has 0 amide bonds. The number of nitrogens with zero attached hydrogens (tertiary/aromatic N) is 2. The highest BCUT2D eigenvalue weighted by molar-refractivity contribution is 6.42. The van der Waals surface area contributed by atoms with E-state index < -0.39 is 6.10 Å². The normalized spacial score (nSPS) is 12.4. The maximum absolute atomic E-state index is 10.0. The molecule has 88 valence electrons. The molecule has 1 atom stereocenters. The van der Waals surface area contributed by atoms with Gasteiger partial charge in [-0.05, 0) is 11.6 Å². The summed E-state index contributed by atoms with van der Waals surface area (Å²) in [7, 11) is 0. The first-order valence-corrected chi connectivity index (χ1v) is 5.80. The molecule has 0 saturated carbocycles.